The number of aromatic hydroxyl groups is 1. The van der Waals surface area contributed by atoms with Crippen molar-refractivity contribution in [1.29, 1.82) is 0 Å². The Morgan fingerprint density at radius 3 is 2.27 bits per heavy atom. The molecule has 0 radical (unpaired) electrons. The van der Waals surface area contributed by atoms with Crippen molar-refractivity contribution in [2.24, 2.45) is 0 Å². The van der Waals surface area contributed by atoms with Crippen LogP contribution in [0.25, 0.3) is 0 Å². The van der Waals surface area contributed by atoms with Crippen molar-refractivity contribution >= 4 is 52.1 Å². The lowest BCUT2D eigenvalue weighted by molar-refractivity contribution is 0.279. The fraction of sp³-hybridized carbons (Fsp3) is 0.143. The highest BCUT2D eigenvalue weighted by Gasteiger charge is 2.14. The van der Waals surface area contributed by atoms with Gasteiger partial charge in [0.05, 0.1) is 22.2 Å². The smallest absolute Gasteiger partial charge is 0.163 e. The average Bonchev–Trinajstić information content (AvgIpc) is 2.70. The lowest BCUT2D eigenvalue weighted by Crippen LogP contribution is -2.04. The fourth-order valence-electron chi connectivity index (χ4n) is 2.67. The van der Waals surface area contributed by atoms with Gasteiger partial charge >= 0.3 is 0 Å². The highest BCUT2D eigenvalue weighted by Crippen LogP contribution is 2.37. The first-order chi connectivity index (χ1) is 14.3. The van der Waals surface area contributed by atoms with E-state index in [1.54, 1.807) is 30.3 Å². The summed E-state index contributed by atoms with van der Waals surface area (Å²) in [4.78, 5) is 0. The first-order valence-corrected chi connectivity index (χ1v) is 10.1. The van der Waals surface area contributed by atoms with Crippen molar-refractivity contribution in [3.63, 3.8) is 0 Å². The van der Waals surface area contributed by atoms with E-state index in [2.05, 4.69) is 5.32 Å². The Hall–Kier alpha value is -2.05. The standard InChI is InChI=1S/C21H16Cl4FNO3/c1-29-19-5-11(9-27-12-6-16(24)21(28)17(25)7-12)15(23)8-20(19)30-10-13-14(22)3-2-4-18(13)26/h2-8,27-28H,9-10H2,1H3. The maximum atomic E-state index is 14.0. The molecule has 30 heavy (non-hydrogen) atoms. The molecule has 0 saturated heterocycles. The number of phenols is 1. The van der Waals surface area contributed by atoms with E-state index in [-0.39, 0.29) is 33.0 Å². The van der Waals surface area contributed by atoms with E-state index >= 15 is 0 Å². The molecule has 158 valence electrons. The number of rotatable bonds is 7. The van der Waals surface area contributed by atoms with Crippen LogP contribution in [0.15, 0.2) is 42.5 Å². The van der Waals surface area contributed by atoms with Crippen molar-refractivity contribution in [2.75, 3.05) is 12.4 Å². The number of methoxy groups -OCH3 is 1. The molecule has 4 nitrogen and oxygen atoms in total. The summed E-state index contributed by atoms with van der Waals surface area (Å²) >= 11 is 24.3. The summed E-state index contributed by atoms with van der Waals surface area (Å²) < 4.78 is 25.0. The maximum Gasteiger partial charge on any atom is 0.163 e. The molecule has 0 saturated carbocycles. The monoisotopic (exact) mass is 489 g/mol. The zero-order valence-electron chi connectivity index (χ0n) is 15.6. The molecule has 3 rings (SSSR count). The van der Waals surface area contributed by atoms with Crippen LogP contribution in [-0.2, 0) is 13.2 Å². The zero-order valence-corrected chi connectivity index (χ0v) is 18.6. The minimum absolute atomic E-state index is 0.0830. The second-order valence-electron chi connectivity index (χ2n) is 6.23. The van der Waals surface area contributed by atoms with Crippen LogP contribution in [0.4, 0.5) is 10.1 Å². The molecular weight excluding hydrogens is 475 g/mol. The van der Waals surface area contributed by atoms with Crippen LogP contribution >= 0.6 is 46.4 Å². The van der Waals surface area contributed by atoms with Gasteiger partial charge in [-0.05, 0) is 35.9 Å². The van der Waals surface area contributed by atoms with E-state index in [0.29, 0.717) is 34.3 Å². The number of hydrogen-bond acceptors (Lipinski definition) is 4. The Balaban J connectivity index is 1.77. The second-order valence-corrected chi connectivity index (χ2v) is 7.85. The number of nitrogens with one attached hydrogen (secondary N) is 1. The van der Waals surface area contributed by atoms with Gasteiger partial charge in [-0.25, -0.2) is 4.39 Å². The van der Waals surface area contributed by atoms with Crippen LogP contribution < -0.4 is 14.8 Å². The molecule has 0 amide bonds. The Labute approximate surface area is 193 Å². The maximum absolute atomic E-state index is 14.0. The van der Waals surface area contributed by atoms with E-state index in [1.165, 1.54) is 19.2 Å². The summed E-state index contributed by atoms with van der Waals surface area (Å²) in [5, 5.41) is 13.7. The first kappa shape index (κ1) is 22.6. The Morgan fingerprint density at radius 1 is 0.933 bits per heavy atom. The topological polar surface area (TPSA) is 50.7 Å². The molecule has 2 N–H and O–H groups in total. The third kappa shape index (κ3) is 5.16. The number of hydrogen-bond donors (Lipinski definition) is 2. The molecule has 0 bridgehead atoms. The van der Waals surface area contributed by atoms with Crippen LogP contribution in [-0.4, -0.2) is 12.2 Å². The van der Waals surface area contributed by atoms with E-state index in [0.717, 1.165) is 0 Å². The molecule has 0 spiro atoms. The molecule has 0 aromatic heterocycles. The largest absolute Gasteiger partial charge is 0.505 e. The molecule has 0 atom stereocenters. The second kappa shape index (κ2) is 9.84. The van der Waals surface area contributed by atoms with E-state index in [9.17, 15) is 9.50 Å². The van der Waals surface area contributed by atoms with Crippen molar-refractivity contribution in [1.82, 2.24) is 0 Å². The number of halogens is 5. The number of benzene rings is 3. The van der Waals surface area contributed by atoms with Gasteiger partial charge in [0.1, 0.15) is 12.4 Å². The Kier molecular flexibility index (Phi) is 7.42. The first-order valence-electron chi connectivity index (χ1n) is 8.64. The van der Waals surface area contributed by atoms with Crippen molar-refractivity contribution in [3.8, 4) is 17.2 Å². The average molecular weight is 491 g/mol. The summed E-state index contributed by atoms with van der Waals surface area (Å²) in [5.74, 6) is 0.131. The third-order valence-electron chi connectivity index (χ3n) is 4.27. The molecule has 0 heterocycles. The Morgan fingerprint density at radius 2 is 1.63 bits per heavy atom. The predicted molar refractivity (Wildman–Crippen MR) is 119 cm³/mol. The molecule has 0 aliphatic heterocycles. The number of ether oxygens (including phenoxy) is 2. The minimum atomic E-state index is -0.459. The SMILES string of the molecule is COc1cc(CNc2cc(Cl)c(O)c(Cl)c2)c(Cl)cc1OCc1c(F)cccc1Cl. The molecule has 0 unspecified atom stereocenters. The van der Waals surface area contributed by atoms with Gasteiger partial charge < -0.3 is 19.9 Å². The van der Waals surface area contributed by atoms with Gasteiger partial charge in [0.25, 0.3) is 0 Å². The number of phenolic OH excluding ortho intramolecular Hbond substituents is 1. The Bertz CT molecular complexity index is 1040. The van der Waals surface area contributed by atoms with Gasteiger partial charge in [0.15, 0.2) is 17.2 Å². The van der Waals surface area contributed by atoms with E-state index in [1.807, 2.05) is 0 Å². The summed E-state index contributed by atoms with van der Waals surface area (Å²) in [7, 11) is 1.49. The minimum Gasteiger partial charge on any atom is -0.505 e. The molecule has 0 fully saturated rings. The summed E-state index contributed by atoms with van der Waals surface area (Å²) in [6.45, 7) is 0.242. The van der Waals surface area contributed by atoms with Crippen LogP contribution in [0.2, 0.25) is 20.1 Å². The van der Waals surface area contributed by atoms with Crippen molar-refractivity contribution in [3.05, 3.63) is 79.5 Å². The highest BCUT2D eigenvalue weighted by atomic mass is 35.5. The number of anilines is 1. The summed E-state index contributed by atoms with van der Waals surface area (Å²) in [6, 6.07) is 10.8. The quantitative estimate of drug-likeness (QED) is 0.340. The zero-order chi connectivity index (χ0) is 21.8. The molecular formula is C21H16Cl4FNO3. The third-order valence-corrected chi connectivity index (χ3v) is 5.55. The summed E-state index contributed by atoms with van der Waals surface area (Å²) in [6.07, 6.45) is 0. The van der Waals surface area contributed by atoms with Crippen LogP contribution in [0.1, 0.15) is 11.1 Å². The lowest BCUT2D eigenvalue weighted by atomic mass is 10.2. The van der Waals surface area contributed by atoms with Crippen LogP contribution in [0.5, 0.6) is 17.2 Å². The molecule has 3 aromatic carbocycles. The fourth-order valence-corrected chi connectivity index (χ4v) is 3.60. The lowest BCUT2D eigenvalue weighted by Gasteiger charge is -2.15. The van der Waals surface area contributed by atoms with Crippen molar-refractivity contribution in [2.45, 2.75) is 13.2 Å². The van der Waals surface area contributed by atoms with E-state index < -0.39 is 5.82 Å². The van der Waals surface area contributed by atoms with Crippen molar-refractivity contribution < 1.29 is 19.0 Å². The van der Waals surface area contributed by atoms with Gasteiger partial charge in [0.2, 0.25) is 0 Å². The molecule has 9 heteroatoms. The van der Waals surface area contributed by atoms with E-state index in [4.69, 9.17) is 55.9 Å². The van der Waals surface area contributed by atoms with Gasteiger partial charge in [-0.15, -0.1) is 0 Å². The predicted octanol–water partition coefficient (Wildman–Crippen LogP) is 7.34. The van der Waals surface area contributed by atoms with Crippen LogP contribution in [0.3, 0.4) is 0 Å². The normalized spacial score (nSPS) is 10.7. The van der Waals surface area contributed by atoms with Crippen LogP contribution in [0, 0.1) is 5.82 Å². The van der Waals surface area contributed by atoms with Gasteiger partial charge in [-0.3, -0.25) is 0 Å². The molecule has 0 aliphatic rings. The van der Waals surface area contributed by atoms with Gasteiger partial charge in [-0.1, -0.05) is 52.5 Å². The summed E-state index contributed by atoms with van der Waals surface area (Å²) in [5.41, 5.74) is 1.56. The highest BCUT2D eigenvalue weighted by molar-refractivity contribution is 6.37. The van der Waals surface area contributed by atoms with Gasteiger partial charge in [-0.2, -0.15) is 0 Å². The molecule has 0 aliphatic carbocycles. The molecule has 3 aromatic rings. The van der Waals surface area contributed by atoms with Gasteiger partial charge in [0, 0.05) is 28.9 Å².